The average molecular weight is 449 g/mol. The molecule has 2 aromatic rings. The van der Waals surface area contributed by atoms with E-state index in [0.717, 1.165) is 35.5 Å². The minimum absolute atomic E-state index is 0.00348. The number of rotatable bonds is 5. The van der Waals surface area contributed by atoms with Gasteiger partial charge in [0.05, 0.1) is 36.6 Å². The first kappa shape index (κ1) is 23.1. The van der Waals surface area contributed by atoms with Gasteiger partial charge in [-0.25, -0.2) is 4.79 Å². The van der Waals surface area contributed by atoms with Gasteiger partial charge in [0.2, 0.25) is 0 Å². The second-order valence-electron chi connectivity index (χ2n) is 8.96. The van der Waals surface area contributed by atoms with Gasteiger partial charge in [-0.15, -0.1) is 0 Å². The number of para-hydroxylation sites is 1. The third kappa shape index (κ3) is 4.04. The van der Waals surface area contributed by atoms with Crippen LogP contribution in [0.15, 0.2) is 41.1 Å². The van der Waals surface area contributed by atoms with E-state index in [1.54, 1.807) is 11.8 Å². The van der Waals surface area contributed by atoms with Gasteiger partial charge < -0.3 is 18.9 Å². The molecule has 0 bridgehead atoms. The van der Waals surface area contributed by atoms with Crippen LogP contribution in [0.2, 0.25) is 0 Å². The molecule has 0 spiro atoms. The van der Waals surface area contributed by atoms with Crippen LogP contribution in [0.25, 0.3) is 11.8 Å². The number of hydrogen-bond acceptors (Lipinski definition) is 4. The van der Waals surface area contributed by atoms with Crippen molar-refractivity contribution >= 4 is 18.0 Å². The molecule has 3 heterocycles. The molecule has 1 fully saturated rings. The number of methoxy groups -OCH3 is 1. The summed E-state index contributed by atoms with van der Waals surface area (Å²) < 4.78 is 13.0. The summed E-state index contributed by atoms with van der Waals surface area (Å²) in [7, 11) is 1.35. The smallest absolute Gasteiger partial charge is 0.340 e. The van der Waals surface area contributed by atoms with Crippen molar-refractivity contribution in [3.05, 3.63) is 69.2 Å². The van der Waals surface area contributed by atoms with E-state index < -0.39 is 5.97 Å². The van der Waals surface area contributed by atoms with Crippen LogP contribution in [0, 0.1) is 27.7 Å². The monoisotopic (exact) mass is 448 g/mol. The van der Waals surface area contributed by atoms with Crippen LogP contribution in [0.3, 0.4) is 0 Å². The van der Waals surface area contributed by atoms with Gasteiger partial charge in [-0.05, 0) is 76.3 Å². The number of nitrogens with zero attached hydrogens (tertiary/aromatic N) is 2. The summed E-state index contributed by atoms with van der Waals surface area (Å²) in [6, 6.07) is 8.32. The Morgan fingerprint density at radius 2 is 1.88 bits per heavy atom. The number of aromatic nitrogens is 1. The lowest BCUT2D eigenvalue weighted by molar-refractivity contribution is -0.136. The predicted octanol–water partition coefficient (Wildman–Crippen LogP) is 4.56. The van der Waals surface area contributed by atoms with E-state index in [9.17, 15) is 9.59 Å². The van der Waals surface area contributed by atoms with Gasteiger partial charge in [0.25, 0.3) is 5.91 Å². The maximum absolute atomic E-state index is 13.5. The van der Waals surface area contributed by atoms with Crippen molar-refractivity contribution in [2.45, 2.75) is 53.6 Å². The van der Waals surface area contributed by atoms with Crippen LogP contribution in [0.1, 0.15) is 47.8 Å². The Hall–Kier alpha value is -3.12. The van der Waals surface area contributed by atoms with E-state index in [-0.39, 0.29) is 12.0 Å². The second kappa shape index (κ2) is 9.02. The predicted molar refractivity (Wildman–Crippen MR) is 128 cm³/mol. The number of carbonyl (C=O) groups is 2. The normalized spacial score (nSPS) is 19.8. The number of ether oxygens (including phenoxy) is 2. The van der Waals surface area contributed by atoms with Gasteiger partial charge in [-0.3, -0.25) is 4.79 Å². The van der Waals surface area contributed by atoms with Crippen molar-refractivity contribution < 1.29 is 19.1 Å². The minimum Gasteiger partial charge on any atom is -0.465 e. The lowest BCUT2D eigenvalue weighted by atomic mass is 10.0. The van der Waals surface area contributed by atoms with Crippen LogP contribution in [0.5, 0.6) is 0 Å². The molecule has 6 nitrogen and oxygen atoms in total. The molecule has 2 aliphatic rings. The molecule has 0 aliphatic carbocycles. The SMILES string of the molecule is COC(=O)C1=C(C)N(CC2CCCO2)C(=O)/C1=C\c1cc(C)n(-c2c(C)cccc2C)c1C. The summed E-state index contributed by atoms with van der Waals surface area (Å²) in [6.45, 7) is 11.3. The van der Waals surface area contributed by atoms with Gasteiger partial charge >= 0.3 is 5.97 Å². The number of benzene rings is 1. The fraction of sp³-hybridized carbons (Fsp3) is 0.407. The zero-order valence-electron chi connectivity index (χ0n) is 20.3. The molecule has 1 saturated heterocycles. The zero-order valence-corrected chi connectivity index (χ0v) is 20.3. The number of aryl methyl sites for hydroxylation is 3. The van der Waals surface area contributed by atoms with E-state index in [2.05, 4.69) is 49.6 Å². The first-order valence-electron chi connectivity index (χ1n) is 11.4. The topological polar surface area (TPSA) is 60.8 Å². The van der Waals surface area contributed by atoms with Crippen molar-refractivity contribution in [2.24, 2.45) is 0 Å². The maximum atomic E-state index is 13.5. The molecule has 1 amide bonds. The van der Waals surface area contributed by atoms with E-state index in [1.807, 2.05) is 13.0 Å². The minimum atomic E-state index is -0.495. The molecule has 1 unspecified atom stereocenters. The Morgan fingerprint density at radius 1 is 1.18 bits per heavy atom. The van der Waals surface area contributed by atoms with Crippen LogP contribution in [-0.4, -0.2) is 47.7 Å². The maximum Gasteiger partial charge on any atom is 0.340 e. The molecular weight excluding hydrogens is 416 g/mol. The summed E-state index contributed by atoms with van der Waals surface area (Å²) in [5.41, 5.74) is 7.84. The van der Waals surface area contributed by atoms with Crippen LogP contribution >= 0.6 is 0 Å². The average Bonchev–Trinajstić information content (AvgIpc) is 3.44. The van der Waals surface area contributed by atoms with Crippen LogP contribution in [0.4, 0.5) is 0 Å². The highest BCUT2D eigenvalue weighted by Crippen LogP contribution is 2.34. The first-order valence-corrected chi connectivity index (χ1v) is 11.4. The fourth-order valence-corrected chi connectivity index (χ4v) is 5.03. The lowest BCUT2D eigenvalue weighted by Gasteiger charge is -2.21. The van der Waals surface area contributed by atoms with Gasteiger partial charge in [0, 0.05) is 23.7 Å². The largest absolute Gasteiger partial charge is 0.465 e. The molecule has 0 saturated carbocycles. The van der Waals surface area contributed by atoms with Crippen molar-refractivity contribution in [3.8, 4) is 5.69 Å². The molecule has 4 rings (SSSR count). The van der Waals surface area contributed by atoms with E-state index in [0.29, 0.717) is 30.0 Å². The standard InChI is InChI=1S/C27H32N2O4/c1-16-9-7-10-17(2)25(16)29-18(3)13-21(19(29)4)14-23-24(27(31)32-6)20(5)28(26(23)30)15-22-11-8-12-33-22/h7,9-10,13-14,22H,8,11-12,15H2,1-6H3/b23-14-. The van der Waals surface area contributed by atoms with Gasteiger partial charge in [-0.1, -0.05) is 18.2 Å². The highest BCUT2D eigenvalue weighted by atomic mass is 16.5. The van der Waals surface area contributed by atoms with Gasteiger partial charge in [-0.2, -0.15) is 0 Å². The number of hydrogen-bond donors (Lipinski definition) is 0. The Balaban J connectivity index is 1.79. The summed E-state index contributed by atoms with van der Waals surface area (Å²) in [4.78, 5) is 27.8. The fourth-order valence-electron chi connectivity index (χ4n) is 5.03. The number of carbonyl (C=O) groups excluding carboxylic acids is 2. The molecule has 0 N–H and O–H groups in total. The van der Waals surface area contributed by atoms with Crippen molar-refractivity contribution in [2.75, 3.05) is 20.3 Å². The molecule has 6 heteroatoms. The van der Waals surface area contributed by atoms with E-state index in [4.69, 9.17) is 9.47 Å². The quantitative estimate of drug-likeness (QED) is 0.497. The van der Waals surface area contributed by atoms with Gasteiger partial charge in [0.15, 0.2) is 0 Å². The van der Waals surface area contributed by atoms with Crippen molar-refractivity contribution in [3.63, 3.8) is 0 Å². The van der Waals surface area contributed by atoms with E-state index >= 15 is 0 Å². The highest BCUT2D eigenvalue weighted by Gasteiger charge is 2.38. The Labute approximate surface area is 195 Å². The molecule has 33 heavy (non-hydrogen) atoms. The summed E-state index contributed by atoms with van der Waals surface area (Å²) in [6.07, 6.45) is 3.74. The summed E-state index contributed by atoms with van der Waals surface area (Å²) in [5, 5.41) is 0. The third-order valence-electron chi connectivity index (χ3n) is 6.74. The van der Waals surface area contributed by atoms with Crippen molar-refractivity contribution in [1.29, 1.82) is 0 Å². The molecular formula is C27H32N2O4. The molecule has 1 aromatic carbocycles. The van der Waals surface area contributed by atoms with E-state index in [1.165, 1.54) is 18.2 Å². The molecule has 1 aromatic heterocycles. The molecule has 1 atom stereocenters. The molecule has 2 aliphatic heterocycles. The number of esters is 1. The first-order chi connectivity index (χ1) is 15.7. The lowest BCUT2D eigenvalue weighted by Crippen LogP contribution is -2.33. The number of amides is 1. The molecule has 0 radical (unpaired) electrons. The van der Waals surface area contributed by atoms with Crippen LogP contribution in [-0.2, 0) is 19.1 Å². The zero-order chi connectivity index (χ0) is 23.9. The third-order valence-corrected chi connectivity index (χ3v) is 6.74. The Bertz CT molecular complexity index is 1160. The molecule has 174 valence electrons. The second-order valence-corrected chi connectivity index (χ2v) is 8.96. The Morgan fingerprint density at radius 3 is 2.48 bits per heavy atom. The highest BCUT2D eigenvalue weighted by molar-refractivity contribution is 6.16. The number of allylic oxidation sites excluding steroid dienone is 1. The Kier molecular flexibility index (Phi) is 6.30. The van der Waals surface area contributed by atoms with Gasteiger partial charge in [0.1, 0.15) is 0 Å². The summed E-state index contributed by atoms with van der Waals surface area (Å²) in [5.74, 6) is -0.675. The van der Waals surface area contributed by atoms with Crippen LogP contribution < -0.4 is 0 Å². The summed E-state index contributed by atoms with van der Waals surface area (Å²) >= 11 is 0. The van der Waals surface area contributed by atoms with Crippen molar-refractivity contribution in [1.82, 2.24) is 9.47 Å².